The molecule has 2 aromatic rings. The number of nitrogens with two attached hydrogens (primary N) is 1. The first-order valence-corrected chi connectivity index (χ1v) is 12.3. The number of rotatable bonds is 7. The molecule has 0 radical (unpaired) electrons. The second-order valence-electron chi connectivity index (χ2n) is 8.65. The van der Waals surface area contributed by atoms with Crippen LogP contribution in [-0.2, 0) is 16.6 Å². The lowest BCUT2D eigenvalue weighted by Gasteiger charge is -2.32. The quantitative estimate of drug-likeness (QED) is 0.713. The van der Waals surface area contributed by atoms with Gasteiger partial charge in [-0.15, -0.1) is 0 Å². The molecular weight excluding hydrogens is 394 g/mol. The summed E-state index contributed by atoms with van der Waals surface area (Å²) in [7, 11) is -3.62. The molecule has 2 aromatic carbocycles. The van der Waals surface area contributed by atoms with E-state index in [1.807, 2.05) is 12.1 Å². The van der Waals surface area contributed by atoms with Gasteiger partial charge in [-0.1, -0.05) is 54.1 Å². The fourth-order valence-electron chi connectivity index (χ4n) is 4.40. The highest BCUT2D eigenvalue weighted by molar-refractivity contribution is 7.89. The van der Waals surface area contributed by atoms with E-state index in [1.165, 1.54) is 17.6 Å². The Morgan fingerprint density at radius 3 is 2.40 bits per heavy atom. The van der Waals surface area contributed by atoms with Crippen molar-refractivity contribution in [1.82, 2.24) is 10.2 Å². The molecule has 0 bridgehead atoms. The van der Waals surface area contributed by atoms with Crippen LogP contribution in [0, 0.1) is 5.92 Å². The topological polar surface area (TPSA) is 75.4 Å². The molecular formula is C24H31N3O2S. The van der Waals surface area contributed by atoms with Crippen molar-refractivity contribution in [3.8, 4) is 0 Å². The number of hydrogen-bond donors (Lipinski definition) is 2. The average molecular weight is 426 g/mol. The Morgan fingerprint density at radius 2 is 1.77 bits per heavy atom. The lowest BCUT2D eigenvalue weighted by Crippen LogP contribution is -2.43. The van der Waals surface area contributed by atoms with Crippen LogP contribution in [0.1, 0.15) is 37.3 Å². The van der Waals surface area contributed by atoms with Crippen LogP contribution in [0.15, 0.2) is 65.1 Å². The van der Waals surface area contributed by atoms with Gasteiger partial charge in [0.1, 0.15) is 0 Å². The first kappa shape index (κ1) is 21.2. The third kappa shape index (κ3) is 5.58. The van der Waals surface area contributed by atoms with E-state index in [-0.39, 0.29) is 4.90 Å². The third-order valence-corrected chi connectivity index (χ3v) is 7.19. The predicted octanol–water partition coefficient (Wildman–Crippen LogP) is 3.38. The highest BCUT2D eigenvalue weighted by Crippen LogP contribution is 2.38. The number of piperidine rings is 1. The van der Waals surface area contributed by atoms with Gasteiger partial charge in [-0.3, -0.25) is 4.90 Å². The number of hydrogen-bond acceptors (Lipinski definition) is 4. The molecule has 2 unspecified atom stereocenters. The molecule has 1 saturated heterocycles. The summed E-state index contributed by atoms with van der Waals surface area (Å²) in [5.74, 6) is 0.667. The van der Waals surface area contributed by atoms with E-state index in [4.69, 9.17) is 5.14 Å². The van der Waals surface area contributed by atoms with Crippen LogP contribution in [0.3, 0.4) is 0 Å². The van der Waals surface area contributed by atoms with E-state index in [9.17, 15) is 8.42 Å². The molecule has 3 N–H and O–H groups in total. The fourth-order valence-corrected chi connectivity index (χ4v) is 4.92. The van der Waals surface area contributed by atoms with Gasteiger partial charge >= 0.3 is 0 Å². The molecule has 1 heterocycles. The summed E-state index contributed by atoms with van der Waals surface area (Å²) in [4.78, 5) is 2.61. The van der Waals surface area contributed by atoms with E-state index >= 15 is 0 Å². The van der Waals surface area contributed by atoms with Gasteiger partial charge < -0.3 is 5.32 Å². The lowest BCUT2D eigenvalue weighted by molar-refractivity contribution is 0.189. The van der Waals surface area contributed by atoms with Gasteiger partial charge in [-0.05, 0) is 68.5 Å². The van der Waals surface area contributed by atoms with Crippen LogP contribution in [0.25, 0.3) is 6.08 Å². The maximum Gasteiger partial charge on any atom is 0.238 e. The first-order valence-electron chi connectivity index (χ1n) is 10.7. The standard InChI is InChI=1S/C24H31N3O2S/c1-18(15-19-5-3-2-4-6-19)23-16-24(23)26-21-11-13-27(14-12-21)17-20-7-9-22(10-8-20)30(25,28)29/h2-10,15,21,23-24,26H,11-14,16-17H2,1H3,(H2,25,28,29)/b18-15+. The summed E-state index contributed by atoms with van der Waals surface area (Å²) in [5.41, 5.74) is 3.88. The molecule has 0 spiro atoms. The van der Waals surface area contributed by atoms with Crippen molar-refractivity contribution in [2.45, 2.75) is 49.7 Å². The summed E-state index contributed by atoms with van der Waals surface area (Å²) in [6.45, 7) is 5.22. The number of likely N-dealkylation sites (tertiary alicyclic amines) is 1. The van der Waals surface area contributed by atoms with Crippen LogP contribution < -0.4 is 10.5 Å². The number of nitrogens with zero attached hydrogens (tertiary/aromatic N) is 1. The Kier molecular flexibility index (Phi) is 6.39. The number of nitrogens with one attached hydrogen (secondary N) is 1. The summed E-state index contributed by atoms with van der Waals surface area (Å²) < 4.78 is 22.8. The van der Waals surface area contributed by atoms with E-state index in [0.29, 0.717) is 18.0 Å². The molecule has 6 heteroatoms. The highest BCUT2D eigenvalue weighted by Gasteiger charge is 2.39. The number of primary sulfonamides is 1. The van der Waals surface area contributed by atoms with E-state index in [0.717, 1.165) is 38.0 Å². The third-order valence-electron chi connectivity index (χ3n) is 6.26. The van der Waals surface area contributed by atoms with Gasteiger partial charge in [0.25, 0.3) is 0 Å². The Bertz CT molecular complexity index is 979. The molecule has 30 heavy (non-hydrogen) atoms. The molecule has 2 fully saturated rings. The number of benzene rings is 2. The monoisotopic (exact) mass is 425 g/mol. The molecule has 0 aromatic heterocycles. The average Bonchev–Trinajstić information content (AvgIpc) is 3.49. The highest BCUT2D eigenvalue weighted by atomic mass is 32.2. The summed E-state index contributed by atoms with van der Waals surface area (Å²) in [5, 5.41) is 9.04. The van der Waals surface area contributed by atoms with Gasteiger partial charge in [0, 0.05) is 18.6 Å². The van der Waals surface area contributed by atoms with Crippen LogP contribution in [0.2, 0.25) is 0 Å². The summed E-state index contributed by atoms with van der Waals surface area (Å²) >= 11 is 0. The second kappa shape index (κ2) is 9.02. The minimum absolute atomic E-state index is 0.171. The summed E-state index contributed by atoms with van der Waals surface area (Å²) in [6.07, 6.45) is 5.86. The van der Waals surface area contributed by atoms with Crippen LogP contribution in [-0.4, -0.2) is 38.5 Å². The Hall–Kier alpha value is -1.99. The van der Waals surface area contributed by atoms with E-state index < -0.39 is 10.0 Å². The van der Waals surface area contributed by atoms with Crippen molar-refractivity contribution < 1.29 is 8.42 Å². The van der Waals surface area contributed by atoms with Crippen LogP contribution in [0.5, 0.6) is 0 Å². The SMILES string of the molecule is C/C(=C\c1ccccc1)C1CC1NC1CCN(Cc2ccc(S(N)(=O)=O)cc2)CC1. The Balaban J connectivity index is 1.21. The van der Waals surface area contributed by atoms with Crippen molar-refractivity contribution in [1.29, 1.82) is 0 Å². The predicted molar refractivity (Wildman–Crippen MR) is 121 cm³/mol. The molecule has 1 aliphatic heterocycles. The Labute approximate surface area is 180 Å². The molecule has 4 rings (SSSR count). The van der Waals surface area contributed by atoms with Crippen LogP contribution in [0.4, 0.5) is 0 Å². The smallest absolute Gasteiger partial charge is 0.238 e. The molecule has 5 nitrogen and oxygen atoms in total. The van der Waals surface area contributed by atoms with Crippen molar-refractivity contribution in [3.05, 3.63) is 71.3 Å². The van der Waals surface area contributed by atoms with Crippen LogP contribution >= 0.6 is 0 Å². The molecule has 2 atom stereocenters. The molecule has 0 amide bonds. The first-order chi connectivity index (χ1) is 14.4. The maximum atomic E-state index is 11.4. The number of sulfonamides is 1. The zero-order chi connectivity index (χ0) is 21.1. The van der Waals surface area contributed by atoms with Gasteiger partial charge in [0.15, 0.2) is 0 Å². The lowest BCUT2D eigenvalue weighted by atomic mass is 10.0. The molecule has 2 aliphatic rings. The minimum atomic E-state index is -3.62. The van der Waals surface area contributed by atoms with Gasteiger partial charge in [-0.2, -0.15) is 0 Å². The zero-order valence-electron chi connectivity index (χ0n) is 17.5. The van der Waals surface area contributed by atoms with Crippen molar-refractivity contribution in [2.75, 3.05) is 13.1 Å². The van der Waals surface area contributed by atoms with Crippen molar-refractivity contribution in [3.63, 3.8) is 0 Å². The van der Waals surface area contributed by atoms with Gasteiger partial charge in [0.2, 0.25) is 10.0 Å². The van der Waals surface area contributed by atoms with Gasteiger partial charge in [-0.25, -0.2) is 13.6 Å². The largest absolute Gasteiger partial charge is 0.311 e. The van der Waals surface area contributed by atoms with Crippen molar-refractivity contribution in [2.24, 2.45) is 11.1 Å². The Morgan fingerprint density at radius 1 is 1.10 bits per heavy atom. The molecule has 160 valence electrons. The molecule has 1 saturated carbocycles. The summed E-state index contributed by atoms with van der Waals surface area (Å²) in [6, 6.07) is 18.7. The maximum absolute atomic E-state index is 11.4. The van der Waals surface area contributed by atoms with E-state index in [1.54, 1.807) is 12.1 Å². The van der Waals surface area contributed by atoms with E-state index in [2.05, 4.69) is 53.5 Å². The minimum Gasteiger partial charge on any atom is -0.311 e. The zero-order valence-corrected chi connectivity index (χ0v) is 18.3. The van der Waals surface area contributed by atoms with Gasteiger partial charge in [0.05, 0.1) is 4.90 Å². The molecule has 1 aliphatic carbocycles. The van der Waals surface area contributed by atoms with Crippen molar-refractivity contribution >= 4 is 16.1 Å². The normalized spacial score (nSPS) is 23.5. The second-order valence-corrected chi connectivity index (χ2v) is 10.2. The fraction of sp³-hybridized carbons (Fsp3) is 0.417.